The molecule has 0 spiro atoms. The van der Waals surface area contributed by atoms with E-state index >= 15 is 0 Å². The molecule has 1 saturated heterocycles. The summed E-state index contributed by atoms with van der Waals surface area (Å²) in [5, 5.41) is 0.138. The van der Waals surface area contributed by atoms with Crippen LogP contribution in [0.4, 0.5) is 0 Å². The largest absolute Gasteiger partial charge is 0.302 e. The summed E-state index contributed by atoms with van der Waals surface area (Å²) < 4.78 is 0. The molecule has 1 unspecified atom stereocenters. The lowest BCUT2D eigenvalue weighted by molar-refractivity contribution is 0.339. The average molecular weight is 238 g/mol. The molecule has 0 amide bonds. The summed E-state index contributed by atoms with van der Waals surface area (Å²) in [7, 11) is 0. The molecule has 1 aliphatic heterocycles. The normalized spacial score (nSPS) is 18.9. The van der Waals surface area contributed by atoms with Gasteiger partial charge in [0.2, 0.25) is 0 Å². The highest BCUT2D eigenvalue weighted by Crippen LogP contribution is 2.26. The predicted molar refractivity (Wildman–Crippen MR) is 70.2 cm³/mol. The van der Waals surface area contributed by atoms with Gasteiger partial charge in [-0.3, -0.25) is 0 Å². The van der Waals surface area contributed by atoms with Gasteiger partial charge in [-0.1, -0.05) is 23.8 Å². The lowest BCUT2D eigenvalue weighted by Gasteiger charge is -2.20. The van der Waals surface area contributed by atoms with E-state index in [-0.39, 0.29) is 5.38 Å². The molecule has 1 aliphatic rings. The van der Waals surface area contributed by atoms with E-state index in [0.717, 1.165) is 6.54 Å². The summed E-state index contributed by atoms with van der Waals surface area (Å²) in [5.41, 5.74) is 3.92. The zero-order chi connectivity index (χ0) is 11.5. The molecule has 88 valence electrons. The summed E-state index contributed by atoms with van der Waals surface area (Å²) in [6.07, 6.45) is 2.66. The molecule has 1 aromatic carbocycles. The third kappa shape index (κ3) is 2.78. The standard InChI is InChI=1S/C14H20ClN/c1-11-5-6-13(12(2)9-11)14(15)10-16-7-3-4-8-16/h5-6,9,14H,3-4,7-8,10H2,1-2H3. The molecule has 0 radical (unpaired) electrons. The molecular weight excluding hydrogens is 218 g/mol. The number of hydrogen-bond acceptors (Lipinski definition) is 1. The van der Waals surface area contributed by atoms with Crippen molar-refractivity contribution >= 4 is 11.6 Å². The van der Waals surface area contributed by atoms with E-state index in [1.807, 2.05) is 0 Å². The fourth-order valence-corrected chi connectivity index (χ4v) is 2.91. The molecule has 2 heteroatoms. The highest BCUT2D eigenvalue weighted by molar-refractivity contribution is 6.21. The Labute approximate surface area is 103 Å². The number of nitrogens with zero attached hydrogens (tertiary/aromatic N) is 1. The Bertz CT molecular complexity index is 356. The quantitative estimate of drug-likeness (QED) is 0.725. The van der Waals surface area contributed by atoms with Gasteiger partial charge in [-0.2, -0.15) is 0 Å². The van der Waals surface area contributed by atoms with E-state index in [1.165, 1.54) is 42.6 Å². The van der Waals surface area contributed by atoms with Crippen LogP contribution in [0.15, 0.2) is 18.2 Å². The van der Waals surface area contributed by atoms with Crippen molar-refractivity contribution in [3.05, 3.63) is 34.9 Å². The van der Waals surface area contributed by atoms with Crippen LogP contribution in [-0.4, -0.2) is 24.5 Å². The molecule has 1 heterocycles. The smallest absolute Gasteiger partial charge is 0.0714 e. The molecule has 2 rings (SSSR count). The number of hydrogen-bond donors (Lipinski definition) is 0. The van der Waals surface area contributed by atoms with Gasteiger partial charge in [0.05, 0.1) is 5.38 Å². The Hall–Kier alpha value is -0.530. The van der Waals surface area contributed by atoms with Crippen LogP contribution in [0.2, 0.25) is 0 Å². The zero-order valence-electron chi connectivity index (χ0n) is 10.2. The number of rotatable bonds is 3. The third-order valence-corrected chi connectivity index (χ3v) is 3.75. The maximum Gasteiger partial charge on any atom is 0.0714 e. The second-order valence-corrected chi connectivity index (χ2v) is 5.36. The first-order chi connectivity index (χ1) is 7.66. The summed E-state index contributed by atoms with van der Waals surface area (Å²) in [5.74, 6) is 0. The third-order valence-electron chi connectivity index (χ3n) is 3.38. The summed E-state index contributed by atoms with van der Waals surface area (Å²) in [6, 6.07) is 6.55. The van der Waals surface area contributed by atoms with E-state index in [4.69, 9.17) is 11.6 Å². The van der Waals surface area contributed by atoms with Crippen LogP contribution < -0.4 is 0 Å². The summed E-state index contributed by atoms with van der Waals surface area (Å²) in [4.78, 5) is 2.47. The van der Waals surface area contributed by atoms with Crippen LogP contribution in [0.25, 0.3) is 0 Å². The number of halogens is 1. The minimum atomic E-state index is 0.138. The molecule has 1 aromatic rings. The summed E-state index contributed by atoms with van der Waals surface area (Å²) in [6.45, 7) is 7.70. The van der Waals surface area contributed by atoms with Crippen LogP contribution in [-0.2, 0) is 0 Å². The molecule has 1 fully saturated rings. The first-order valence-electron chi connectivity index (χ1n) is 6.10. The number of aryl methyl sites for hydroxylation is 2. The predicted octanol–water partition coefficient (Wildman–Crippen LogP) is 3.68. The Morgan fingerprint density at radius 1 is 1.25 bits per heavy atom. The SMILES string of the molecule is Cc1ccc(C(Cl)CN2CCCC2)c(C)c1. The number of likely N-dealkylation sites (tertiary alicyclic amines) is 1. The van der Waals surface area contributed by atoms with Crippen LogP contribution in [0, 0.1) is 13.8 Å². The Kier molecular flexibility index (Phi) is 3.88. The topological polar surface area (TPSA) is 3.24 Å². The summed E-state index contributed by atoms with van der Waals surface area (Å²) >= 11 is 6.50. The van der Waals surface area contributed by atoms with Gasteiger partial charge in [-0.15, -0.1) is 11.6 Å². The van der Waals surface area contributed by atoms with Crippen LogP contribution in [0.1, 0.15) is 34.9 Å². The van der Waals surface area contributed by atoms with Crippen molar-refractivity contribution in [1.29, 1.82) is 0 Å². The fourth-order valence-electron chi connectivity index (χ4n) is 2.47. The van der Waals surface area contributed by atoms with Crippen molar-refractivity contribution in [2.75, 3.05) is 19.6 Å². The van der Waals surface area contributed by atoms with E-state index in [2.05, 4.69) is 36.9 Å². The van der Waals surface area contributed by atoms with Crippen LogP contribution >= 0.6 is 11.6 Å². The zero-order valence-corrected chi connectivity index (χ0v) is 10.9. The van der Waals surface area contributed by atoms with Gasteiger partial charge in [0.1, 0.15) is 0 Å². The van der Waals surface area contributed by atoms with E-state index < -0.39 is 0 Å². The van der Waals surface area contributed by atoms with Crippen LogP contribution in [0.3, 0.4) is 0 Å². The molecule has 1 atom stereocenters. The lowest BCUT2D eigenvalue weighted by Crippen LogP contribution is -2.23. The van der Waals surface area contributed by atoms with Crippen molar-refractivity contribution in [2.24, 2.45) is 0 Å². The highest BCUT2D eigenvalue weighted by atomic mass is 35.5. The average Bonchev–Trinajstić information content (AvgIpc) is 2.70. The van der Waals surface area contributed by atoms with Gasteiger partial charge in [-0.25, -0.2) is 0 Å². The highest BCUT2D eigenvalue weighted by Gasteiger charge is 2.18. The fraction of sp³-hybridized carbons (Fsp3) is 0.571. The first-order valence-corrected chi connectivity index (χ1v) is 6.54. The van der Waals surface area contributed by atoms with Crippen LogP contribution in [0.5, 0.6) is 0 Å². The van der Waals surface area contributed by atoms with Gasteiger partial charge in [0.25, 0.3) is 0 Å². The first kappa shape index (κ1) is 11.9. The molecule has 1 nitrogen and oxygen atoms in total. The van der Waals surface area contributed by atoms with E-state index in [9.17, 15) is 0 Å². The molecule has 0 saturated carbocycles. The second kappa shape index (κ2) is 5.20. The van der Waals surface area contributed by atoms with E-state index in [0.29, 0.717) is 0 Å². The molecule has 0 bridgehead atoms. The monoisotopic (exact) mass is 237 g/mol. The molecule has 16 heavy (non-hydrogen) atoms. The lowest BCUT2D eigenvalue weighted by atomic mass is 10.0. The van der Waals surface area contributed by atoms with Gasteiger partial charge >= 0.3 is 0 Å². The molecular formula is C14H20ClN. The van der Waals surface area contributed by atoms with Crippen molar-refractivity contribution < 1.29 is 0 Å². The molecule has 0 aromatic heterocycles. The maximum absolute atomic E-state index is 6.50. The van der Waals surface area contributed by atoms with Crippen molar-refractivity contribution in [2.45, 2.75) is 32.1 Å². The van der Waals surface area contributed by atoms with Crippen molar-refractivity contribution in [1.82, 2.24) is 4.90 Å². The minimum Gasteiger partial charge on any atom is -0.302 e. The molecule has 0 N–H and O–H groups in total. The Morgan fingerprint density at radius 3 is 2.56 bits per heavy atom. The Morgan fingerprint density at radius 2 is 1.94 bits per heavy atom. The second-order valence-electron chi connectivity index (χ2n) is 4.84. The minimum absolute atomic E-state index is 0.138. The van der Waals surface area contributed by atoms with Crippen molar-refractivity contribution in [3.8, 4) is 0 Å². The van der Waals surface area contributed by atoms with Gasteiger partial charge in [0.15, 0.2) is 0 Å². The van der Waals surface area contributed by atoms with Gasteiger partial charge in [0, 0.05) is 6.54 Å². The Balaban J connectivity index is 2.04. The van der Waals surface area contributed by atoms with E-state index in [1.54, 1.807) is 0 Å². The number of alkyl halides is 1. The van der Waals surface area contributed by atoms with Gasteiger partial charge in [-0.05, 0) is 50.9 Å². The molecule has 0 aliphatic carbocycles. The van der Waals surface area contributed by atoms with Crippen molar-refractivity contribution in [3.63, 3.8) is 0 Å². The van der Waals surface area contributed by atoms with Gasteiger partial charge < -0.3 is 4.90 Å². The maximum atomic E-state index is 6.50. The number of benzene rings is 1.